The third-order valence-corrected chi connectivity index (χ3v) is 5.47. The van der Waals surface area contributed by atoms with Crippen molar-refractivity contribution in [2.45, 2.75) is 45.3 Å². The van der Waals surface area contributed by atoms with Crippen LogP contribution in [-0.2, 0) is 19.5 Å². The van der Waals surface area contributed by atoms with Crippen LogP contribution in [0.4, 0.5) is 4.39 Å². The SMILES string of the molecule is COc1cnc(C)cc1C(=O)NC1CCc2nn(Cc3ccc(F)cc3)c(=O)n2CC1. The average Bonchev–Trinajstić information content (AvgIpc) is 2.92. The molecule has 162 valence electrons. The molecule has 3 heterocycles. The van der Waals surface area contributed by atoms with E-state index in [4.69, 9.17) is 4.74 Å². The predicted molar refractivity (Wildman–Crippen MR) is 112 cm³/mol. The summed E-state index contributed by atoms with van der Waals surface area (Å²) in [7, 11) is 1.50. The third kappa shape index (κ3) is 4.50. The Labute approximate surface area is 178 Å². The van der Waals surface area contributed by atoms with Gasteiger partial charge in [0, 0.05) is 24.7 Å². The fourth-order valence-electron chi connectivity index (χ4n) is 3.79. The molecule has 1 aromatic carbocycles. The Morgan fingerprint density at radius 1 is 1.29 bits per heavy atom. The molecule has 3 aromatic rings. The molecular formula is C22H24FN5O3. The fraction of sp³-hybridized carbons (Fsp3) is 0.364. The van der Waals surface area contributed by atoms with Crippen molar-refractivity contribution in [2.75, 3.05) is 7.11 Å². The van der Waals surface area contributed by atoms with Crippen molar-refractivity contribution in [2.24, 2.45) is 0 Å². The van der Waals surface area contributed by atoms with E-state index in [1.165, 1.54) is 30.1 Å². The van der Waals surface area contributed by atoms with Crippen molar-refractivity contribution >= 4 is 5.91 Å². The van der Waals surface area contributed by atoms with Gasteiger partial charge in [0.25, 0.3) is 5.91 Å². The first-order valence-electron chi connectivity index (χ1n) is 10.2. The van der Waals surface area contributed by atoms with Crippen LogP contribution in [0.3, 0.4) is 0 Å². The standard InChI is InChI=1S/C22H24FN5O3/c1-14-11-18(19(31-2)12-24-14)21(29)25-17-7-8-20-26-28(22(30)27(20)10-9-17)13-15-3-5-16(23)6-4-15/h3-6,11-12,17H,7-10,13H2,1-2H3,(H,25,29). The molecule has 9 heteroatoms. The molecule has 1 aliphatic rings. The van der Waals surface area contributed by atoms with Gasteiger partial charge in [-0.05, 0) is 43.5 Å². The second kappa shape index (κ2) is 8.71. The quantitative estimate of drug-likeness (QED) is 0.676. The average molecular weight is 425 g/mol. The zero-order chi connectivity index (χ0) is 22.0. The van der Waals surface area contributed by atoms with Gasteiger partial charge < -0.3 is 10.1 Å². The van der Waals surface area contributed by atoms with E-state index in [9.17, 15) is 14.0 Å². The summed E-state index contributed by atoms with van der Waals surface area (Å²) < 4.78 is 21.4. The van der Waals surface area contributed by atoms with Crippen LogP contribution in [0.2, 0.25) is 0 Å². The highest BCUT2D eigenvalue weighted by Crippen LogP contribution is 2.19. The number of rotatable bonds is 5. The van der Waals surface area contributed by atoms with E-state index in [0.717, 1.165) is 11.3 Å². The van der Waals surface area contributed by atoms with E-state index < -0.39 is 0 Å². The van der Waals surface area contributed by atoms with Crippen LogP contribution in [0.5, 0.6) is 5.75 Å². The van der Waals surface area contributed by atoms with Gasteiger partial charge in [0.1, 0.15) is 17.4 Å². The van der Waals surface area contributed by atoms with Gasteiger partial charge in [-0.1, -0.05) is 12.1 Å². The minimum Gasteiger partial charge on any atom is -0.494 e. The Balaban J connectivity index is 1.44. The van der Waals surface area contributed by atoms with E-state index in [1.54, 1.807) is 22.8 Å². The van der Waals surface area contributed by atoms with Crippen molar-refractivity contribution in [1.29, 1.82) is 0 Å². The molecule has 2 aromatic heterocycles. The molecule has 1 N–H and O–H groups in total. The maximum Gasteiger partial charge on any atom is 0.346 e. The zero-order valence-electron chi connectivity index (χ0n) is 17.5. The number of carbonyl (C=O) groups is 1. The summed E-state index contributed by atoms with van der Waals surface area (Å²) in [5, 5.41) is 7.52. The molecular weight excluding hydrogens is 401 g/mol. The predicted octanol–water partition coefficient (Wildman–Crippen LogP) is 2.08. The van der Waals surface area contributed by atoms with Gasteiger partial charge in [-0.15, -0.1) is 0 Å². The first-order chi connectivity index (χ1) is 14.9. The summed E-state index contributed by atoms with van der Waals surface area (Å²) in [4.78, 5) is 29.7. The number of nitrogens with one attached hydrogen (secondary N) is 1. The summed E-state index contributed by atoms with van der Waals surface area (Å²) in [5.41, 5.74) is 1.79. The second-order valence-corrected chi connectivity index (χ2v) is 7.66. The van der Waals surface area contributed by atoms with Crippen LogP contribution in [0, 0.1) is 12.7 Å². The van der Waals surface area contributed by atoms with Crippen LogP contribution in [0.1, 0.15) is 40.3 Å². The number of pyridine rings is 1. The molecule has 1 atom stereocenters. The number of methoxy groups -OCH3 is 1. The third-order valence-electron chi connectivity index (χ3n) is 5.47. The maximum atomic E-state index is 13.1. The summed E-state index contributed by atoms with van der Waals surface area (Å²) >= 11 is 0. The van der Waals surface area contributed by atoms with Gasteiger partial charge in [0.15, 0.2) is 0 Å². The molecule has 1 amide bonds. The highest BCUT2D eigenvalue weighted by atomic mass is 19.1. The lowest BCUT2D eigenvalue weighted by Gasteiger charge is -2.17. The number of aryl methyl sites for hydroxylation is 2. The van der Waals surface area contributed by atoms with Crippen molar-refractivity contribution < 1.29 is 13.9 Å². The molecule has 0 radical (unpaired) electrons. The Morgan fingerprint density at radius 2 is 2.06 bits per heavy atom. The molecule has 1 aliphatic heterocycles. The van der Waals surface area contributed by atoms with E-state index in [0.29, 0.717) is 49.5 Å². The Morgan fingerprint density at radius 3 is 2.81 bits per heavy atom. The van der Waals surface area contributed by atoms with Gasteiger partial charge in [-0.3, -0.25) is 14.3 Å². The Kier molecular flexibility index (Phi) is 5.83. The number of ether oxygens (including phenoxy) is 1. The van der Waals surface area contributed by atoms with Crippen molar-refractivity contribution in [1.82, 2.24) is 24.6 Å². The molecule has 0 bridgehead atoms. The van der Waals surface area contributed by atoms with Crippen LogP contribution in [0.15, 0.2) is 41.3 Å². The molecule has 0 aliphatic carbocycles. The van der Waals surface area contributed by atoms with Gasteiger partial charge in [-0.25, -0.2) is 13.9 Å². The zero-order valence-corrected chi connectivity index (χ0v) is 17.5. The lowest BCUT2D eigenvalue weighted by atomic mass is 10.1. The molecule has 0 saturated heterocycles. The highest BCUT2D eigenvalue weighted by Gasteiger charge is 2.23. The Hall–Kier alpha value is -3.49. The molecule has 4 rings (SSSR count). The number of amides is 1. The van der Waals surface area contributed by atoms with Crippen molar-refractivity contribution in [3.63, 3.8) is 0 Å². The highest BCUT2D eigenvalue weighted by molar-refractivity contribution is 5.97. The summed E-state index contributed by atoms with van der Waals surface area (Å²) in [5.74, 6) is 0.583. The van der Waals surface area contributed by atoms with Gasteiger partial charge in [0.2, 0.25) is 0 Å². The smallest absolute Gasteiger partial charge is 0.346 e. The molecule has 31 heavy (non-hydrogen) atoms. The first kappa shape index (κ1) is 20.8. The molecule has 0 spiro atoms. The number of nitrogens with zero attached hydrogens (tertiary/aromatic N) is 4. The molecule has 8 nitrogen and oxygen atoms in total. The van der Waals surface area contributed by atoms with Gasteiger partial charge in [-0.2, -0.15) is 5.10 Å². The van der Waals surface area contributed by atoms with Crippen molar-refractivity contribution in [3.8, 4) is 5.75 Å². The number of hydrogen-bond donors (Lipinski definition) is 1. The van der Waals surface area contributed by atoms with E-state index in [1.807, 2.05) is 6.92 Å². The van der Waals surface area contributed by atoms with Crippen LogP contribution in [0.25, 0.3) is 0 Å². The lowest BCUT2D eigenvalue weighted by Crippen LogP contribution is -2.36. The fourth-order valence-corrected chi connectivity index (χ4v) is 3.79. The van der Waals surface area contributed by atoms with E-state index in [-0.39, 0.29) is 23.5 Å². The maximum absolute atomic E-state index is 13.1. The Bertz CT molecular complexity index is 1150. The topological polar surface area (TPSA) is 91.0 Å². The summed E-state index contributed by atoms with van der Waals surface area (Å²) in [6.45, 7) is 2.58. The van der Waals surface area contributed by atoms with Gasteiger partial charge in [0.05, 0.1) is 25.4 Å². The normalized spacial score (nSPS) is 15.8. The number of aromatic nitrogens is 4. The first-order valence-corrected chi connectivity index (χ1v) is 10.2. The largest absolute Gasteiger partial charge is 0.494 e. The minimum absolute atomic E-state index is 0.0858. The number of carbonyl (C=O) groups excluding carboxylic acids is 1. The monoisotopic (exact) mass is 425 g/mol. The summed E-state index contributed by atoms with van der Waals surface area (Å²) in [6, 6.07) is 7.64. The number of fused-ring (bicyclic) bond motifs is 1. The van der Waals surface area contributed by atoms with Gasteiger partial charge >= 0.3 is 5.69 Å². The van der Waals surface area contributed by atoms with Crippen molar-refractivity contribution in [3.05, 3.63) is 75.5 Å². The number of hydrogen-bond acceptors (Lipinski definition) is 5. The molecule has 0 saturated carbocycles. The van der Waals surface area contributed by atoms with Crippen LogP contribution >= 0.6 is 0 Å². The molecule has 1 unspecified atom stereocenters. The molecule has 0 fully saturated rings. The van der Waals surface area contributed by atoms with E-state index in [2.05, 4.69) is 15.4 Å². The number of benzene rings is 1. The van der Waals surface area contributed by atoms with E-state index >= 15 is 0 Å². The second-order valence-electron chi connectivity index (χ2n) is 7.66. The summed E-state index contributed by atoms with van der Waals surface area (Å²) in [6.07, 6.45) is 3.40. The van der Waals surface area contributed by atoms with Crippen LogP contribution < -0.4 is 15.7 Å². The number of halogens is 1. The van der Waals surface area contributed by atoms with Crippen LogP contribution in [-0.4, -0.2) is 38.4 Å². The minimum atomic E-state index is -0.315. The lowest BCUT2D eigenvalue weighted by molar-refractivity contribution is 0.0929.